The van der Waals surface area contributed by atoms with Gasteiger partial charge in [-0.05, 0) is 30.6 Å². The van der Waals surface area contributed by atoms with Gasteiger partial charge in [0.15, 0.2) is 5.65 Å². The molecular formula is C20H26ClN7OSSi. The zero-order valence-corrected chi connectivity index (χ0v) is 20.9. The van der Waals surface area contributed by atoms with Gasteiger partial charge >= 0.3 is 0 Å². The Hall–Kier alpha value is -2.27. The number of halogens is 1. The average molecular weight is 476 g/mol. The minimum Gasteiger partial charge on any atom is -0.361 e. The van der Waals surface area contributed by atoms with Gasteiger partial charge < -0.3 is 4.74 Å². The second-order valence-corrected chi connectivity index (χ2v) is 15.5. The molecule has 0 aliphatic rings. The fourth-order valence-electron chi connectivity index (χ4n) is 3.13. The van der Waals surface area contributed by atoms with E-state index in [1.165, 1.54) is 11.5 Å². The molecule has 164 valence electrons. The molecule has 0 saturated carbocycles. The third kappa shape index (κ3) is 4.98. The molecule has 11 heteroatoms. The number of aromatic nitrogens is 6. The van der Waals surface area contributed by atoms with Gasteiger partial charge in [-0.15, -0.1) is 0 Å². The first kappa shape index (κ1) is 21.9. The van der Waals surface area contributed by atoms with Crippen LogP contribution in [0, 0.1) is 6.92 Å². The van der Waals surface area contributed by atoms with Gasteiger partial charge in [0.1, 0.15) is 22.7 Å². The standard InChI is InChI=1S/C20H26ClN7OSSi/c1-14-8-19(30-25-14)27(13-29-6-7-31(3,4)5)18-9-17(21)24-20-16(11-23-28(18)20)15-10-22-26(2)12-15/h8-12H,6-7,13H2,1-5H3. The third-order valence-electron chi connectivity index (χ3n) is 4.81. The lowest BCUT2D eigenvalue weighted by molar-refractivity contribution is 0.153. The van der Waals surface area contributed by atoms with Crippen LogP contribution in [0.2, 0.25) is 30.8 Å². The predicted molar refractivity (Wildman–Crippen MR) is 128 cm³/mol. The van der Waals surface area contributed by atoms with E-state index in [1.54, 1.807) is 21.6 Å². The average Bonchev–Trinajstić information content (AvgIpc) is 3.40. The van der Waals surface area contributed by atoms with Crippen molar-refractivity contribution in [1.82, 2.24) is 28.8 Å². The minimum absolute atomic E-state index is 0.379. The molecule has 31 heavy (non-hydrogen) atoms. The summed E-state index contributed by atoms with van der Waals surface area (Å²) in [6, 6.07) is 4.95. The number of nitrogens with zero attached hydrogens (tertiary/aromatic N) is 7. The van der Waals surface area contributed by atoms with E-state index in [0.717, 1.165) is 33.7 Å². The molecular weight excluding hydrogens is 450 g/mol. The molecule has 0 radical (unpaired) electrons. The molecule has 0 unspecified atom stereocenters. The summed E-state index contributed by atoms with van der Waals surface area (Å²) in [6.45, 7) is 10.1. The zero-order chi connectivity index (χ0) is 22.2. The van der Waals surface area contributed by atoms with Crippen LogP contribution in [0.1, 0.15) is 5.69 Å². The van der Waals surface area contributed by atoms with Crippen LogP contribution < -0.4 is 4.90 Å². The lowest BCUT2D eigenvalue weighted by Gasteiger charge is -2.24. The molecule has 0 atom stereocenters. The maximum Gasteiger partial charge on any atom is 0.167 e. The Kier molecular flexibility index (Phi) is 6.15. The Bertz CT molecular complexity index is 1200. The van der Waals surface area contributed by atoms with Crippen molar-refractivity contribution in [1.29, 1.82) is 0 Å². The summed E-state index contributed by atoms with van der Waals surface area (Å²) in [7, 11) is 0.703. The highest BCUT2D eigenvalue weighted by Gasteiger charge is 2.21. The van der Waals surface area contributed by atoms with E-state index in [1.807, 2.05) is 32.3 Å². The van der Waals surface area contributed by atoms with Gasteiger partial charge in [-0.25, -0.2) is 4.98 Å². The minimum atomic E-state index is -1.18. The van der Waals surface area contributed by atoms with Crippen LogP contribution in [0.5, 0.6) is 0 Å². The van der Waals surface area contributed by atoms with E-state index < -0.39 is 8.07 Å². The summed E-state index contributed by atoms with van der Waals surface area (Å²) in [4.78, 5) is 6.60. The predicted octanol–water partition coefficient (Wildman–Crippen LogP) is 5.00. The number of fused-ring (bicyclic) bond motifs is 1. The zero-order valence-electron chi connectivity index (χ0n) is 18.3. The van der Waals surface area contributed by atoms with Crippen LogP contribution in [0.25, 0.3) is 16.8 Å². The largest absolute Gasteiger partial charge is 0.361 e. The van der Waals surface area contributed by atoms with E-state index in [4.69, 9.17) is 16.3 Å². The molecule has 0 amide bonds. The maximum atomic E-state index is 6.46. The Morgan fingerprint density at radius 2 is 2.00 bits per heavy atom. The molecule has 0 spiro atoms. The first-order valence-corrected chi connectivity index (χ1v) is 14.9. The molecule has 4 aromatic rings. The summed E-state index contributed by atoms with van der Waals surface area (Å²) in [6.07, 6.45) is 5.52. The van der Waals surface area contributed by atoms with E-state index in [0.29, 0.717) is 24.1 Å². The molecule has 4 rings (SSSR count). The monoisotopic (exact) mass is 475 g/mol. The summed E-state index contributed by atoms with van der Waals surface area (Å²) < 4.78 is 14.1. The number of aryl methyl sites for hydroxylation is 2. The number of hydrogen-bond acceptors (Lipinski definition) is 7. The van der Waals surface area contributed by atoms with Crippen molar-refractivity contribution >= 4 is 47.7 Å². The SMILES string of the molecule is Cc1cc(N(COCC[Si](C)(C)C)c2cc(Cl)nc3c(-c4cnn(C)c4)cnn23)sn1. The van der Waals surface area contributed by atoms with Crippen molar-refractivity contribution in [3.63, 3.8) is 0 Å². The Morgan fingerprint density at radius 3 is 2.65 bits per heavy atom. The van der Waals surface area contributed by atoms with Crippen LogP contribution in [0.3, 0.4) is 0 Å². The van der Waals surface area contributed by atoms with E-state index in [9.17, 15) is 0 Å². The molecule has 4 aromatic heterocycles. The van der Waals surface area contributed by atoms with Gasteiger partial charge in [-0.1, -0.05) is 31.2 Å². The van der Waals surface area contributed by atoms with Gasteiger partial charge in [0, 0.05) is 45.1 Å². The van der Waals surface area contributed by atoms with Gasteiger partial charge in [-0.3, -0.25) is 9.58 Å². The van der Waals surface area contributed by atoms with Gasteiger partial charge in [0.2, 0.25) is 0 Å². The number of ether oxygens (including phenoxy) is 1. The maximum absolute atomic E-state index is 6.46. The topological polar surface area (TPSA) is 73.4 Å². The highest BCUT2D eigenvalue weighted by Crippen LogP contribution is 2.33. The highest BCUT2D eigenvalue weighted by molar-refractivity contribution is 7.10. The van der Waals surface area contributed by atoms with E-state index >= 15 is 0 Å². The van der Waals surface area contributed by atoms with E-state index in [-0.39, 0.29) is 0 Å². The first-order chi connectivity index (χ1) is 14.7. The Balaban J connectivity index is 1.73. The third-order valence-corrected chi connectivity index (χ3v) is 7.61. The van der Waals surface area contributed by atoms with Crippen LogP contribution in [-0.2, 0) is 11.8 Å². The second-order valence-electron chi connectivity index (χ2n) is 8.72. The number of rotatable bonds is 8. The van der Waals surface area contributed by atoms with Crippen molar-refractivity contribution in [2.45, 2.75) is 32.6 Å². The Labute approximate surface area is 191 Å². The van der Waals surface area contributed by atoms with E-state index in [2.05, 4.69) is 44.1 Å². The summed E-state index contributed by atoms with van der Waals surface area (Å²) in [5.74, 6) is 0.779. The molecule has 0 fully saturated rings. The Morgan fingerprint density at radius 1 is 1.19 bits per heavy atom. The molecule has 0 aliphatic carbocycles. The van der Waals surface area contributed by atoms with Crippen molar-refractivity contribution in [3.8, 4) is 11.1 Å². The van der Waals surface area contributed by atoms with Crippen LogP contribution in [-0.4, -0.2) is 50.2 Å². The summed E-state index contributed by atoms with van der Waals surface area (Å²) >= 11 is 7.88. The van der Waals surface area contributed by atoms with Crippen LogP contribution >= 0.6 is 23.1 Å². The lowest BCUT2D eigenvalue weighted by atomic mass is 10.2. The quantitative estimate of drug-likeness (QED) is 0.154. The van der Waals surface area contributed by atoms with Gasteiger partial charge in [-0.2, -0.15) is 19.1 Å². The van der Waals surface area contributed by atoms with Gasteiger partial charge in [0.25, 0.3) is 0 Å². The molecule has 0 bridgehead atoms. The molecule has 0 saturated heterocycles. The number of hydrogen-bond donors (Lipinski definition) is 0. The summed E-state index contributed by atoms with van der Waals surface area (Å²) in [5, 5.41) is 10.2. The normalized spacial score (nSPS) is 12.1. The molecule has 0 aliphatic heterocycles. The molecule has 8 nitrogen and oxygen atoms in total. The van der Waals surface area contributed by atoms with Crippen LogP contribution in [0.4, 0.5) is 10.8 Å². The van der Waals surface area contributed by atoms with Crippen molar-refractivity contribution < 1.29 is 4.74 Å². The van der Waals surface area contributed by atoms with Gasteiger partial charge in [0.05, 0.1) is 18.1 Å². The number of anilines is 2. The lowest BCUT2D eigenvalue weighted by Crippen LogP contribution is -2.26. The van der Waals surface area contributed by atoms with Crippen molar-refractivity contribution in [3.05, 3.63) is 41.6 Å². The van der Waals surface area contributed by atoms with Crippen molar-refractivity contribution in [2.75, 3.05) is 18.2 Å². The summed E-state index contributed by atoms with van der Waals surface area (Å²) in [5.41, 5.74) is 3.44. The molecule has 0 aromatic carbocycles. The second kappa shape index (κ2) is 8.70. The van der Waals surface area contributed by atoms with Crippen LogP contribution in [0.15, 0.2) is 30.7 Å². The smallest absolute Gasteiger partial charge is 0.167 e. The fraction of sp³-hybridized carbons (Fsp3) is 0.400. The molecule has 4 heterocycles. The highest BCUT2D eigenvalue weighted by atomic mass is 35.5. The first-order valence-electron chi connectivity index (χ1n) is 10.0. The van der Waals surface area contributed by atoms with Crippen molar-refractivity contribution in [2.24, 2.45) is 7.05 Å². The molecule has 0 N–H and O–H groups in total. The fourth-order valence-corrected chi connectivity index (χ4v) is 4.82.